The Morgan fingerprint density at radius 3 is 2.56 bits per heavy atom. The van der Waals surface area contributed by atoms with Crippen LogP contribution in [0.25, 0.3) is 0 Å². The Morgan fingerprint density at radius 1 is 1.08 bits per heavy atom. The molecule has 4 rings (SSSR count). The van der Waals surface area contributed by atoms with E-state index in [-0.39, 0.29) is 37.7 Å². The number of esters is 1. The molecule has 1 N–H and O–H groups in total. The van der Waals surface area contributed by atoms with Crippen LogP contribution >= 0.6 is 11.6 Å². The van der Waals surface area contributed by atoms with Gasteiger partial charge in [-0.1, -0.05) is 29.8 Å². The van der Waals surface area contributed by atoms with Gasteiger partial charge in [-0.25, -0.2) is 4.79 Å². The van der Waals surface area contributed by atoms with Gasteiger partial charge >= 0.3 is 12.0 Å². The Bertz CT molecular complexity index is 1120. The normalized spacial score (nSPS) is 17.8. The lowest BCUT2D eigenvalue weighted by Gasteiger charge is -2.30. The maximum atomic E-state index is 13.8. The Kier molecular flexibility index (Phi) is 8.36. The molecule has 0 bridgehead atoms. The average Bonchev–Trinajstić information content (AvgIpc) is 3.04. The largest absolute Gasteiger partial charge is 0.465 e. The number of fused-ring (bicyclic) bond motifs is 1. The number of rotatable bonds is 5. The van der Waals surface area contributed by atoms with Gasteiger partial charge in [0.25, 0.3) is 5.91 Å². The predicted octanol–water partition coefficient (Wildman–Crippen LogP) is 4.45. The minimum absolute atomic E-state index is 0.209. The number of anilines is 2. The highest BCUT2D eigenvalue weighted by molar-refractivity contribution is 6.34. The summed E-state index contributed by atoms with van der Waals surface area (Å²) in [7, 11) is 0. The molecule has 1 fully saturated rings. The summed E-state index contributed by atoms with van der Waals surface area (Å²) in [5.74, 6) is -0.702. The van der Waals surface area contributed by atoms with Gasteiger partial charge in [-0.3, -0.25) is 9.59 Å². The molecule has 0 radical (unpaired) electrons. The lowest BCUT2D eigenvalue weighted by atomic mass is 10.1. The monoisotopic (exact) mass is 512 g/mol. The number of hydrogen-bond donors (Lipinski definition) is 1. The number of benzene rings is 2. The maximum absolute atomic E-state index is 13.8. The highest BCUT2D eigenvalue weighted by Crippen LogP contribution is 2.32. The van der Waals surface area contributed by atoms with Gasteiger partial charge in [-0.15, -0.1) is 0 Å². The highest BCUT2D eigenvalue weighted by atomic mass is 35.5. The first-order valence-electron chi connectivity index (χ1n) is 12.5. The van der Waals surface area contributed by atoms with E-state index >= 15 is 0 Å². The van der Waals surface area contributed by atoms with E-state index in [1.807, 2.05) is 43.3 Å². The van der Waals surface area contributed by atoms with Crippen LogP contribution in [-0.2, 0) is 16.1 Å². The molecule has 2 aromatic rings. The van der Waals surface area contributed by atoms with Gasteiger partial charge in [0.2, 0.25) is 0 Å². The lowest BCUT2D eigenvalue weighted by molar-refractivity contribution is -0.141. The highest BCUT2D eigenvalue weighted by Gasteiger charge is 2.32. The van der Waals surface area contributed by atoms with Gasteiger partial charge < -0.3 is 24.8 Å². The van der Waals surface area contributed by atoms with E-state index in [2.05, 4.69) is 10.2 Å². The molecular weight excluding hydrogens is 480 g/mol. The van der Waals surface area contributed by atoms with Crippen molar-refractivity contribution in [1.29, 1.82) is 0 Å². The summed E-state index contributed by atoms with van der Waals surface area (Å²) in [6.45, 7) is 6.22. The van der Waals surface area contributed by atoms with Gasteiger partial charge in [-0.05, 0) is 62.9 Å². The maximum Gasteiger partial charge on any atom is 0.325 e. The van der Waals surface area contributed by atoms with Crippen LogP contribution in [0.5, 0.6) is 0 Å². The van der Waals surface area contributed by atoms with Crippen LogP contribution in [0.15, 0.2) is 42.5 Å². The first-order chi connectivity index (χ1) is 17.4. The quantitative estimate of drug-likeness (QED) is 0.598. The third-order valence-electron chi connectivity index (χ3n) is 6.70. The molecule has 2 aliphatic rings. The Balaban J connectivity index is 1.56. The van der Waals surface area contributed by atoms with Crippen LogP contribution in [-0.4, -0.2) is 61.6 Å². The zero-order valence-corrected chi connectivity index (χ0v) is 21.6. The molecule has 9 heteroatoms. The average molecular weight is 513 g/mol. The van der Waals surface area contributed by atoms with Crippen molar-refractivity contribution in [3.8, 4) is 0 Å². The zero-order valence-electron chi connectivity index (χ0n) is 20.8. The molecule has 2 heterocycles. The summed E-state index contributed by atoms with van der Waals surface area (Å²) in [5, 5.41) is 3.05. The number of piperidine rings is 1. The van der Waals surface area contributed by atoms with Gasteiger partial charge in [0.05, 0.1) is 17.2 Å². The molecule has 192 valence electrons. The number of halogens is 1. The number of nitrogens with zero attached hydrogens (tertiary/aromatic N) is 3. The van der Waals surface area contributed by atoms with Crippen LogP contribution in [0.4, 0.5) is 16.2 Å². The van der Waals surface area contributed by atoms with Gasteiger partial charge in [-0.2, -0.15) is 0 Å². The molecular formula is C27H33ClN4O4. The number of nitrogens with one attached hydrogen (secondary N) is 1. The number of hydrogen-bond acceptors (Lipinski definition) is 5. The van der Waals surface area contributed by atoms with E-state index in [0.717, 1.165) is 42.9 Å². The zero-order chi connectivity index (χ0) is 25.7. The standard InChI is InChI=1S/C27H33ClN4O4/c1-3-36-25(33)16-29-27(35)31-18-20-9-5-6-10-24(20)32(17-19(31)2)26(34)22-12-11-21(15-23(22)28)30-13-7-4-8-14-30/h5-6,9-12,15,19H,3-4,7-8,13-14,16-18H2,1-2H3,(H,29,35)/t19-/m1/s1. The van der Waals surface area contributed by atoms with E-state index in [9.17, 15) is 14.4 Å². The van der Waals surface area contributed by atoms with Crippen LogP contribution in [0.1, 0.15) is 49.0 Å². The van der Waals surface area contributed by atoms with E-state index in [1.165, 1.54) is 6.42 Å². The van der Waals surface area contributed by atoms with E-state index in [4.69, 9.17) is 16.3 Å². The molecule has 36 heavy (non-hydrogen) atoms. The lowest BCUT2D eigenvalue weighted by Crippen LogP contribution is -2.49. The Labute approximate surface area is 217 Å². The summed E-state index contributed by atoms with van der Waals surface area (Å²) < 4.78 is 4.90. The smallest absolute Gasteiger partial charge is 0.325 e. The van der Waals surface area contributed by atoms with Crippen molar-refractivity contribution in [2.24, 2.45) is 0 Å². The molecule has 0 aromatic heterocycles. The molecule has 3 amide bonds. The van der Waals surface area contributed by atoms with Gasteiger partial charge in [0.1, 0.15) is 6.54 Å². The Hall–Kier alpha value is -3.26. The van der Waals surface area contributed by atoms with Crippen molar-refractivity contribution in [2.75, 3.05) is 42.6 Å². The number of para-hydroxylation sites is 1. The summed E-state index contributed by atoms with van der Waals surface area (Å²) >= 11 is 6.65. The fourth-order valence-corrected chi connectivity index (χ4v) is 5.06. The second-order valence-electron chi connectivity index (χ2n) is 9.20. The molecule has 0 unspecified atom stereocenters. The van der Waals surface area contributed by atoms with Crippen LogP contribution in [0.2, 0.25) is 5.02 Å². The van der Waals surface area contributed by atoms with Crippen molar-refractivity contribution < 1.29 is 19.1 Å². The molecule has 0 saturated carbocycles. The second-order valence-corrected chi connectivity index (χ2v) is 9.60. The van der Waals surface area contributed by atoms with Crippen molar-refractivity contribution in [1.82, 2.24) is 10.2 Å². The van der Waals surface area contributed by atoms with E-state index < -0.39 is 5.97 Å². The summed E-state index contributed by atoms with van der Waals surface area (Å²) in [5.41, 5.74) is 3.04. The second kappa shape index (κ2) is 11.6. The first-order valence-corrected chi connectivity index (χ1v) is 12.9. The van der Waals surface area contributed by atoms with Crippen molar-refractivity contribution in [2.45, 2.75) is 45.7 Å². The number of carbonyl (C=O) groups is 3. The van der Waals surface area contributed by atoms with E-state index in [1.54, 1.807) is 22.8 Å². The van der Waals surface area contributed by atoms with Crippen molar-refractivity contribution in [3.63, 3.8) is 0 Å². The van der Waals surface area contributed by atoms with Crippen LogP contribution in [0.3, 0.4) is 0 Å². The van der Waals surface area contributed by atoms with Crippen molar-refractivity contribution in [3.05, 3.63) is 58.6 Å². The van der Waals surface area contributed by atoms with Crippen molar-refractivity contribution >= 4 is 40.9 Å². The molecule has 2 aliphatic heterocycles. The predicted molar refractivity (Wildman–Crippen MR) is 141 cm³/mol. The summed E-state index contributed by atoms with van der Waals surface area (Å²) in [4.78, 5) is 44.1. The topological polar surface area (TPSA) is 82.2 Å². The van der Waals surface area contributed by atoms with Crippen LogP contribution < -0.4 is 15.1 Å². The minimum atomic E-state index is -0.492. The summed E-state index contributed by atoms with van der Waals surface area (Å²) in [6, 6.07) is 12.5. The molecule has 0 spiro atoms. The molecule has 1 saturated heterocycles. The molecule has 0 aliphatic carbocycles. The third-order valence-corrected chi connectivity index (χ3v) is 7.01. The SMILES string of the molecule is CCOC(=O)CNC(=O)N1Cc2ccccc2N(C(=O)c2ccc(N3CCCCC3)cc2Cl)C[C@H]1C. The number of carbonyl (C=O) groups excluding carboxylic acids is 3. The Morgan fingerprint density at radius 2 is 1.83 bits per heavy atom. The number of ether oxygens (including phenoxy) is 1. The minimum Gasteiger partial charge on any atom is -0.465 e. The number of urea groups is 1. The van der Waals surface area contributed by atoms with Crippen LogP contribution in [0, 0.1) is 0 Å². The fraction of sp³-hybridized carbons (Fsp3) is 0.444. The summed E-state index contributed by atoms with van der Waals surface area (Å²) in [6.07, 6.45) is 3.56. The van der Waals surface area contributed by atoms with Gasteiger partial charge in [0.15, 0.2) is 0 Å². The molecule has 2 aromatic carbocycles. The number of amides is 3. The third kappa shape index (κ3) is 5.75. The molecule has 8 nitrogen and oxygen atoms in total. The molecule has 1 atom stereocenters. The van der Waals surface area contributed by atoms with Gasteiger partial charge in [0, 0.05) is 43.6 Å². The fourth-order valence-electron chi connectivity index (χ4n) is 4.81. The first kappa shape index (κ1) is 25.8. The van der Waals surface area contributed by atoms with E-state index in [0.29, 0.717) is 17.1 Å².